The van der Waals surface area contributed by atoms with Crippen molar-refractivity contribution in [3.63, 3.8) is 0 Å². The highest BCUT2D eigenvalue weighted by Crippen LogP contribution is 2.19. The molecule has 3 unspecified atom stereocenters. The fourth-order valence-electron chi connectivity index (χ4n) is 2.63. The minimum absolute atomic E-state index is 0.0378. The van der Waals surface area contributed by atoms with Gasteiger partial charge in [0.1, 0.15) is 0 Å². The Hall–Kier alpha value is -1.30. The van der Waals surface area contributed by atoms with E-state index in [1.54, 1.807) is 6.92 Å². The highest BCUT2D eigenvalue weighted by Gasteiger charge is 2.33. The van der Waals surface area contributed by atoms with Gasteiger partial charge < -0.3 is 20.2 Å². The summed E-state index contributed by atoms with van der Waals surface area (Å²) in [6.45, 7) is 5.92. The zero-order chi connectivity index (χ0) is 15.3. The van der Waals surface area contributed by atoms with Crippen LogP contribution in [0.5, 0.6) is 0 Å². The molecule has 1 fully saturated rings. The molecule has 3 atom stereocenters. The third-order valence-corrected chi connectivity index (χ3v) is 4.03. The summed E-state index contributed by atoms with van der Waals surface area (Å²) >= 11 is 0. The molecule has 6 nitrogen and oxygen atoms in total. The van der Waals surface area contributed by atoms with Crippen LogP contribution < -0.4 is 5.32 Å². The van der Waals surface area contributed by atoms with Crippen LogP contribution in [0.15, 0.2) is 0 Å². The number of carboxylic acid groups (broad SMARTS) is 1. The van der Waals surface area contributed by atoms with Crippen molar-refractivity contribution in [2.75, 3.05) is 33.7 Å². The van der Waals surface area contributed by atoms with Gasteiger partial charge in [-0.05, 0) is 32.9 Å². The molecule has 2 amide bonds. The van der Waals surface area contributed by atoms with E-state index in [2.05, 4.69) is 17.1 Å². The molecule has 20 heavy (non-hydrogen) atoms. The molecule has 0 radical (unpaired) electrons. The molecule has 0 aromatic rings. The SMILES string of the molecule is CC(CCCNC(=O)N1CC(C)C(N(C)C)C1)C(=O)O. The number of nitrogens with one attached hydrogen (secondary N) is 1. The number of likely N-dealkylation sites (N-methyl/N-ethyl adjacent to an activating group) is 1. The molecule has 0 aliphatic carbocycles. The van der Waals surface area contributed by atoms with Crippen LogP contribution in [0.1, 0.15) is 26.7 Å². The monoisotopic (exact) mass is 285 g/mol. The number of carboxylic acids is 1. The number of amides is 2. The minimum Gasteiger partial charge on any atom is -0.481 e. The van der Waals surface area contributed by atoms with E-state index < -0.39 is 5.97 Å². The molecule has 0 aromatic carbocycles. The van der Waals surface area contributed by atoms with Gasteiger partial charge in [0, 0.05) is 25.7 Å². The van der Waals surface area contributed by atoms with Crippen LogP contribution in [0.25, 0.3) is 0 Å². The first kappa shape index (κ1) is 16.8. The van der Waals surface area contributed by atoms with Gasteiger partial charge in [-0.25, -0.2) is 4.79 Å². The molecule has 1 rings (SSSR count). The van der Waals surface area contributed by atoms with Gasteiger partial charge in [-0.3, -0.25) is 4.79 Å². The van der Waals surface area contributed by atoms with Gasteiger partial charge in [0.05, 0.1) is 5.92 Å². The lowest BCUT2D eigenvalue weighted by Crippen LogP contribution is -2.41. The number of aliphatic carboxylic acids is 1. The van der Waals surface area contributed by atoms with Crippen molar-refractivity contribution in [2.45, 2.75) is 32.7 Å². The molecule has 1 aliphatic heterocycles. The average Bonchev–Trinajstić information content (AvgIpc) is 2.76. The topological polar surface area (TPSA) is 72.9 Å². The second-order valence-electron chi connectivity index (χ2n) is 6.03. The fourth-order valence-corrected chi connectivity index (χ4v) is 2.63. The first-order valence-electron chi connectivity index (χ1n) is 7.25. The summed E-state index contributed by atoms with van der Waals surface area (Å²) in [5.41, 5.74) is 0. The van der Waals surface area contributed by atoms with Crippen molar-refractivity contribution in [1.29, 1.82) is 0 Å². The zero-order valence-corrected chi connectivity index (χ0v) is 12.9. The minimum atomic E-state index is -0.779. The van der Waals surface area contributed by atoms with Crippen LogP contribution in [0.3, 0.4) is 0 Å². The van der Waals surface area contributed by atoms with Crippen LogP contribution in [-0.2, 0) is 4.79 Å². The van der Waals surface area contributed by atoms with E-state index >= 15 is 0 Å². The standard InChI is InChI=1S/C14H27N3O3/c1-10(13(18)19)6-5-7-15-14(20)17-8-11(2)12(9-17)16(3)4/h10-12H,5-9H2,1-4H3,(H,15,20)(H,18,19). The van der Waals surface area contributed by atoms with Crippen molar-refractivity contribution >= 4 is 12.0 Å². The number of rotatable bonds is 6. The molecule has 0 saturated carbocycles. The fraction of sp³-hybridized carbons (Fsp3) is 0.857. The van der Waals surface area contributed by atoms with Crippen molar-refractivity contribution in [3.8, 4) is 0 Å². The van der Waals surface area contributed by atoms with Crippen molar-refractivity contribution in [3.05, 3.63) is 0 Å². The van der Waals surface area contributed by atoms with Gasteiger partial charge in [-0.1, -0.05) is 13.8 Å². The van der Waals surface area contributed by atoms with Gasteiger partial charge in [-0.2, -0.15) is 0 Å². The Labute approximate surface area is 121 Å². The van der Waals surface area contributed by atoms with Crippen LogP contribution in [0.2, 0.25) is 0 Å². The summed E-state index contributed by atoms with van der Waals surface area (Å²) in [6.07, 6.45) is 1.28. The summed E-state index contributed by atoms with van der Waals surface area (Å²) in [5.74, 6) is -0.655. The molecule has 0 aromatic heterocycles. The number of nitrogens with zero attached hydrogens (tertiary/aromatic N) is 2. The third-order valence-electron chi connectivity index (χ3n) is 4.03. The quantitative estimate of drug-likeness (QED) is 0.716. The third kappa shape index (κ3) is 4.67. The maximum Gasteiger partial charge on any atom is 0.317 e. The molecular weight excluding hydrogens is 258 g/mol. The molecule has 6 heteroatoms. The number of carbonyl (C=O) groups excluding carboxylic acids is 1. The van der Waals surface area contributed by atoms with Crippen LogP contribution in [-0.4, -0.2) is 66.7 Å². The molecule has 0 spiro atoms. The Balaban J connectivity index is 2.26. The number of likely N-dealkylation sites (tertiary alicyclic amines) is 1. The van der Waals surface area contributed by atoms with E-state index in [0.29, 0.717) is 31.3 Å². The van der Waals surface area contributed by atoms with E-state index in [1.165, 1.54) is 0 Å². The van der Waals surface area contributed by atoms with Gasteiger partial charge in [0.2, 0.25) is 0 Å². The van der Waals surface area contributed by atoms with Crippen molar-refractivity contribution in [2.24, 2.45) is 11.8 Å². The van der Waals surface area contributed by atoms with Gasteiger partial charge in [0.25, 0.3) is 0 Å². The molecule has 1 saturated heterocycles. The normalized spacial score (nSPS) is 23.9. The first-order valence-corrected chi connectivity index (χ1v) is 7.25. The molecule has 2 N–H and O–H groups in total. The van der Waals surface area contributed by atoms with Crippen LogP contribution in [0, 0.1) is 11.8 Å². The lowest BCUT2D eigenvalue weighted by atomic mass is 10.1. The highest BCUT2D eigenvalue weighted by atomic mass is 16.4. The second-order valence-corrected chi connectivity index (χ2v) is 6.03. The maximum absolute atomic E-state index is 12.0. The number of carbonyl (C=O) groups is 2. The van der Waals surface area contributed by atoms with Gasteiger partial charge >= 0.3 is 12.0 Å². The van der Waals surface area contributed by atoms with E-state index in [-0.39, 0.29) is 11.9 Å². The lowest BCUT2D eigenvalue weighted by Gasteiger charge is -2.22. The zero-order valence-electron chi connectivity index (χ0n) is 12.9. The Morgan fingerprint density at radius 2 is 2.05 bits per heavy atom. The van der Waals surface area contributed by atoms with Gasteiger partial charge in [0.15, 0.2) is 0 Å². The van der Waals surface area contributed by atoms with Crippen LogP contribution in [0.4, 0.5) is 4.79 Å². The summed E-state index contributed by atoms with van der Waals surface area (Å²) in [5, 5.41) is 11.6. The average molecular weight is 285 g/mol. The largest absolute Gasteiger partial charge is 0.481 e. The summed E-state index contributed by atoms with van der Waals surface area (Å²) < 4.78 is 0. The van der Waals surface area contributed by atoms with E-state index in [1.807, 2.05) is 19.0 Å². The molecular formula is C14H27N3O3. The Morgan fingerprint density at radius 3 is 2.55 bits per heavy atom. The molecule has 1 heterocycles. The van der Waals surface area contributed by atoms with Crippen LogP contribution >= 0.6 is 0 Å². The van der Waals surface area contributed by atoms with Crippen molar-refractivity contribution < 1.29 is 14.7 Å². The number of hydrogen-bond acceptors (Lipinski definition) is 3. The maximum atomic E-state index is 12.0. The van der Waals surface area contributed by atoms with Crippen molar-refractivity contribution in [1.82, 2.24) is 15.1 Å². The summed E-state index contributed by atoms with van der Waals surface area (Å²) in [4.78, 5) is 26.7. The smallest absolute Gasteiger partial charge is 0.317 e. The summed E-state index contributed by atoms with van der Waals surface area (Å²) in [6, 6.07) is 0.372. The first-order chi connectivity index (χ1) is 9.32. The summed E-state index contributed by atoms with van der Waals surface area (Å²) in [7, 11) is 4.08. The molecule has 116 valence electrons. The predicted molar refractivity (Wildman–Crippen MR) is 77.6 cm³/mol. The Bertz CT molecular complexity index is 347. The van der Waals surface area contributed by atoms with E-state index in [4.69, 9.17) is 5.11 Å². The molecule has 1 aliphatic rings. The van der Waals surface area contributed by atoms with Gasteiger partial charge in [-0.15, -0.1) is 0 Å². The predicted octanol–water partition coefficient (Wildman–Crippen LogP) is 1.08. The Morgan fingerprint density at radius 1 is 1.40 bits per heavy atom. The second kappa shape index (κ2) is 7.47. The Kier molecular flexibility index (Phi) is 6.26. The molecule has 0 bridgehead atoms. The highest BCUT2D eigenvalue weighted by molar-refractivity contribution is 5.74. The van der Waals surface area contributed by atoms with E-state index in [9.17, 15) is 9.59 Å². The number of urea groups is 1. The van der Waals surface area contributed by atoms with E-state index in [0.717, 1.165) is 13.1 Å². The lowest BCUT2D eigenvalue weighted by molar-refractivity contribution is -0.141. The number of hydrogen-bond donors (Lipinski definition) is 2.